The molecule has 0 spiro atoms. The molecular weight excluding hydrogens is 620 g/mol. The Hall–Kier alpha value is -4.89. The third-order valence-electron chi connectivity index (χ3n) is 8.07. The molecule has 5 atom stereocenters. The van der Waals surface area contributed by atoms with E-state index in [-0.39, 0.29) is 31.3 Å². The van der Waals surface area contributed by atoms with Crippen LogP contribution < -0.4 is 14.2 Å². The van der Waals surface area contributed by atoms with Crippen molar-refractivity contribution in [2.75, 3.05) is 13.4 Å². The molecule has 3 aromatic carbocycles. The van der Waals surface area contributed by atoms with E-state index in [2.05, 4.69) is 6.58 Å². The van der Waals surface area contributed by atoms with Gasteiger partial charge in [0.05, 0.1) is 24.9 Å². The first kappa shape index (κ1) is 32.1. The summed E-state index contributed by atoms with van der Waals surface area (Å²) in [6, 6.07) is 8.44. The minimum atomic E-state index is -1.70. The molecule has 248 valence electrons. The van der Waals surface area contributed by atoms with Crippen LogP contribution in [-0.2, 0) is 48.3 Å². The number of rotatable bonds is 9. The van der Waals surface area contributed by atoms with E-state index < -0.39 is 62.0 Å². The summed E-state index contributed by atoms with van der Waals surface area (Å²) in [4.78, 5) is 37.7. The summed E-state index contributed by atoms with van der Waals surface area (Å²) < 4.78 is 44.4. The van der Waals surface area contributed by atoms with E-state index in [4.69, 9.17) is 37.9 Å². The molecule has 14 heteroatoms. The normalized spacial score (nSPS) is 22.7. The van der Waals surface area contributed by atoms with Gasteiger partial charge in [0.25, 0.3) is 0 Å². The topological polar surface area (TPSA) is 186 Å². The van der Waals surface area contributed by atoms with E-state index in [0.717, 1.165) is 6.92 Å². The quantitative estimate of drug-likeness (QED) is 0.174. The SMILES string of the molecule is C=CCOC(=O)O[C@H]1[C@H](OC(C)=O)[C@@H](O)C(Oc2c3c(c(-c4ccc5c(c4)OCO5)c4cc(CO)c(CO)cc24)C(=O)OC3)O[C@@H]1C. The third-order valence-corrected chi connectivity index (χ3v) is 8.07. The van der Waals surface area contributed by atoms with Gasteiger partial charge in [-0.15, -0.1) is 0 Å². The lowest BCUT2D eigenvalue weighted by molar-refractivity contribution is -0.273. The highest BCUT2D eigenvalue weighted by atomic mass is 16.8. The molecule has 3 N–H and O–H groups in total. The fourth-order valence-corrected chi connectivity index (χ4v) is 5.96. The Morgan fingerprint density at radius 2 is 1.70 bits per heavy atom. The van der Waals surface area contributed by atoms with Gasteiger partial charge in [-0.05, 0) is 53.3 Å². The van der Waals surface area contributed by atoms with Crippen LogP contribution in [-0.4, -0.2) is 77.5 Å². The van der Waals surface area contributed by atoms with Crippen molar-refractivity contribution in [3.63, 3.8) is 0 Å². The van der Waals surface area contributed by atoms with Gasteiger partial charge in [0.2, 0.25) is 13.1 Å². The largest absolute Gasteiger partial charge is 0.509 e. The molecule has 0 bridgehead atoms. The number of fused-ring (bicyclic) bond motifs is 3. The van der Waals surface area contributed by atoms with Crippen LogP contribution in [0.4, 0.5) is 4.79 Å². The molecular formula is C33H32O14. The standard InChI is InChI=1S/C33H32O14/c1-4-7-40-33(39)47-28-15(2)44-32(27(37)30(28)45-16(3)36)46-29-21-9-19(12-35)18(11-34)8-20(21)25(26-22(29)13-41-31(26)38)17-5-6-23-24(10-17)43-14-42-23/h4-6,8-10,15,27-28,30,32,34-35,37H,1,7,11-14H2,2-3H3/t15-,27-,28-,30-,32?/m1/s1. The van der Waals surface area contributed by atoms with Crippen LogP contribution in [0.25, 0.3) is 21.9 Å². The molecule has 1 unspecified atom stereocenters. The first-order chi connectivity index (χ1) is 22.6. The maximum absolute atomic E-state index is 13.3. The lowest BCUT2D eigenvalue weighted by Crippen LogP contribution is -2.60. The number of aliphatic hydroxyl groups excluding tert-OH is 3. The van der Waals surface area contributed by atoms with E-state index in [1.807, 2.05) is 0 Å². The summed E-state index contributed by atoms with van der Waals surface area (Å²) in [6.07, 6.45) is -6.65. The van der Waals surface area contributed by atoms with Crippen LogP contribution in [0, 0.1) is 0 Å². The summed E-state index contributed by atoms with van der Waals surface area (Å²) in [5, 5.41) is 32.6. The van der Waals surface area contributed by atoms with Crippen molar-refractivity contribution in [2.45, 2.75) is 64.4 Å². The van der Waals surface area contributed by atoms with Crippen molar-refractivity contribution >= 4 is 28.9 Å². The molecule has 0 saturated carbocycles. The van der Waals surface area contributed by atoms with E-state index in [9.17, 15) is 29.7 Å². The van der Waals surface area contributed by atoms with Gasteiger partial charge < -0.3 is 53.2 Å². The van der Waals surface area contributed by atoms with Gasteiger partial charge in [-0.25, -0.2) is 9.59 Å². The molecule has 0 amide bonds. The van der Waals surface area contributed by atoms with E-state index >= 15 is 0 Å². The highest BCUT2D eigenvalue weighted by Crippen LogP contribution is 2.48. The second-order valence-corrected chi connectivity index (χ2v) is 11.0. The predicted molar refractivity (Wildman–Crippen MR) is 159 cm³/mol. The number of hydrogen-bond donors (Lipinski definition) is 3. The lowest BCUT2D eigenvalue weighted by atomic mass is 9.87. The monoisotopic (exact) mass is 652 g/mol. The number of carbonyl (C=O) groups excluding carboxylic acids is 3. The van der Waals surface area contributed by atoms with Crippen molar-refractivity contribution < 1.29 is 67.6 Å². The first-order valence-corrected chi connectivity index (χ1v) is 14.7. The Morgan fingerprint density at radius 1 is 0.979 bits per heavy atom. The molecule has 3 heterocycles. The second-order valence-electron chi connectivity index (χ2n) is 11.0. The van der Waals surface area contributed by atoms with Crippen LogP contribution in [0.15, 0.2) is 43.0 Å². The van der Waals surface area contributed by atoms with E-state index in [0.29, 0.717) is 50.1 Å². The van der Waals surface area contributed by atoms with Crippen LogP contribution >= 0.6 is 0 Å². The van der Waals surface area contributed by atoms with Gasteiger partial charge in [-0.2, -0.15) is 0 Å². The van der Waals surface area contributed by atoms with Crippen LogP contribution in [0.1, 0.15) is 40.9 Å². The molecule has 0 aliphatic carbocycles. The maximum atomic E-state index is 13.3. The minimum Gasteiger partial charge on any atom is -0.461 e. The van der Waals surface area contributed by atoms with Crippen LogP contribution in [0.5, 0.6) is 17.2 Å². The van der Waals surface area contributed by atoms with Crippen molar-refractivity contribution in [2.24, 2.45) is 0 Å². The van der Waals surface area contributed by atoms with Gasteiger partial charge in [0.1, 0.15) is 19.0 Å². The molecule has 47 heavy (non-hydrogen) atoms. The van der Waals surface area contributed by atoms with Gasteiger partial charge in [0, 0.05) is 23.4 Å². The number of benzene rings is 3. The molecule has 3 aromatic rings. The summed E-state index contributed by atoms with van der Waals surface area (Å²) >= 11 is 0. The molecule has 1 fully saturated rings. The Morgan fingerprint density at radius 3 is 2.40 bits per heavy atom. The average molecular weight is 653 g/mol. The molecule has 3 aliphatic heterocycles. The molecule has 14 nitrogen and oxygen atoms in total. The Bertz CT molecular complexity index is 1750. The van der Waals surface area contributed by atoms with Crippen molar-refractivity contribution in [3.8, 4) is 28.4 Å². The summed E-state index contributed by atoms with van der Waals surface area (Å²) in [5.41, 5.74) is 2.34. The maximum Gasteiger partial charge on any atom is 0.509 e. The number of ether oxygens (including phenoxy) is 8. The Balaban J connectivity index is 1.47. The number of carbonyl (C=O) groups is 3. The molecule has 1 saturated heterocycles. The third kappa shape index (κ3) is 5.91. The zero-order valence-electron chi connectivity index (χ0n) is 25.4. The Labute approximate surface area is 267 Å². The zero-order valence-corrected chi connectivity index (χ0v) is 25.4. The summed E-state index contributed by atoms with van der Waals surface area (Å²) in [5.74, 6) is -0.310. The van der Waals surface area contributed by atoms with Crippen molar-refractivity contribution in [1.82, 2.24) is 0 Å². The number of hydrogen-bond acceptors (Lipinski definition) is 14. The predicted octanol–water partition coefficient (Wildman–Crippen LogP) is 3.01. The van der Waals surface area contributed by atoms with Gasteiger partial charge in [-0.1, -0.05) is 18.7 Å². The summed E-state index contributed by atoms with van der Waals surface area (Å²) in [7, 11) is 0. The second kappa shape index (κ2) is 13.1. The zero-order chi connectivity index (χ0) is 33.4. The molecule has 0 radical (unpaired) electrons. The van der Waals surface area contributed by atoms with Crippen LogP contribution in [0.3, 0.4) is 0 Å². The smallest absolute Gasteiger partial charge is 0.461 e. The molecule has 3 aliphatic rings. The van der Waals surface area contributed by atoms with Gasteiger partial charge >= 0.3 is 18.1 Å². The number of aliphatic hydroxyl groups is 3. The first-order valence-electron chi connectivity index (χ1n) is 14.7. The number of esters is 2. The number of cyclic esters (lactones) is 1. The molecule has 6 rings (SSSR count). The Kier molecular flexibility index (Phi) is 8.92. The fourth-order valence-electron chi connectivity index (χ4n) is 5.96. The van der Waals surface area contributed by atoms with Gasteiger partial charge in [-0.3, -0.25) is 4.79 Å². The van der Waals surface area contributed by atoms with Crippen LogP contribution in [0.2, 0.25) is 0 Å². The lowest BCUT2D eigenvalue weighted by Gasteiger charge is -2.42. The minimum absolute atomic E-state index is 0.0410. The highest BCUT2D eigenvalue weighted by Gasteiger charge is 2.50. The summed E-state index contributed by atoms with van der Waals surface area (Å²) in [6.45, 7) is 5.00. The van der Waals surface area contributed by atoms with E-state index in [1.165, 1.54) is 13.0 Å². The molecule has 0 aromatic heterocycles. The average Bonchev–Trinajstić information content (AvgIpc) is 3.69. The highest BCUT2D eigenvalue weighted by molar-refractivity contribution is 6.13. The fraction of sp³-hybridized carbons (Fsp3) is 0.364. The van der Waals surface area contributed by atoms with Gasteiger partial charge in [0.15, 0.2) is 29.8 Å². The van der Waals surface area contributed by atoms with Crippen molar-refractivity contribution in [3.05, 3.63) is 65.2 Å². The van der Waals surface area contributed by atoms with Crippen molar-refractivity contribution in [1.29, 1.82) is 0 Å². The van der Waals surface area contributed by atoms with E-state index in [1.54, 1.807) is 30.3 Å².